The number of ether oxygens (including phenoxy) is 1. The Morgan fingerprint density at radius 1 is 1.31 bits per heavy atom. The van der Waals surface area contributed by atoms with Crippen LogP contribution >= 0.6 is 24.8 Å². The van der Waals surface area contributed by atoms with Gasteiger partial charge in [0.2, 0.25) is 0 Å². The lowest BCUT2D eigenvalue weighted by Gasteiger charge is -2.40. The molecule has 2 fully saturated rings. The van der Waals surface area contributed by atoms with E-state index in [1.54, 1.807) is 0 Å². The van der Waals surface area contributed by atoms with Gasteiger partial charge in [-0.1, -0.05) is 18.6 Å². The summed E-state index contributed by atoms with van der Waals surface area (Å²) in [7, 11) is 0. The van der Waals surface area contributed by atoms with E-state index in [1.165, 1.54) is 19.3 Å². The summed E-state index contributed by atoms with van der Waals surface area (Å²) in [6, 6.07) is 0. The van der Waals surface area contributed by atoms with Crippen LogP contribution in [-0.2, 0) is 4.74 Å². The zero-order valence-electron chi connectivity index (χ0n) is 7.66. The second-order valence-electron chi connectivity index (χ2n) is 3.79. The van der Waals surface area contributed by atoms with Crippen LogP contribution in [0.15, 0.2) is 0 Å². The van der Waals surface area contributed by atoms with Gasteiger partial charge in [-0.05, 0) is 25.7 Å². The second-order valence-corrected chi connectivity index (χ2v) is 4.90. The van der Waals surface area contributed by atoms with E-state index in [0.717, 1.165) is 26.0 Å². The van der Waals surface area contributed by atoms with Gasteiger partial charge in [0.05, 0.1) is 6.61 Å². The molecule has 1 saturated heterocycles. The minimum atomic E-state index is -0.0723. The van der Waals surface area contributed by atoms with Crippen LogP contribution in [0.3, 0.4) is 0 Å². The molecule has 2 nitrogen and oxygen atoms in total. The van der Waals surface area contributed by atoms with Gasteiger partial charge in [-0.25, -0.2) is 0 Å². The van der Waals surface area contributed by atoms with E-state index < -0.39 is 0 Å². The molecule has 1 spiro atoms. The lowest BCUT2D eigenvalue weighted by atomic mass is 9.91. The van der Waals surface area contributed by atoms with Crippen molar-refractivity contribution in [3.8, 4) is 0 Å². The highest BCUT2D eigenvalue weighted by molar-refractivity contribution is 8.10. The molecule has 1 aliphatic carbocycles. The average molecular weight is 217 g/mol. The molecular formula is C9H15NOS2. The molecule has 0 aromatic heterocycles. The number of thiol groups is 1. The van der Waals surface area contributed by atoms with Crippen molar-refractivity contribution in [1.82, 2.24) is 4.90 Å². The van der Waals surface area contributed by atoms with E-state index in [1.807, 2.05) is 0 Å². The predicted octanol–water partition coefficient (Wildman–Crippen LogP) is 2.19. The van der Waals surface area contributed by atoms with Gasteiger partial charge in [0, 0.05) is 6.54 Å². The maximum absolute atomic E-state index is 5.84. The maximum atomic E-state index is 5.84. The van der Waals surface area contributed by atoms with Crippen LogP contribution in [0.1, 0.15) is 32.1 Å². The summed E-state index contributed by atoms with van der Waals surface area (Å²) < 4.78 is 6.54. The summed E-state index contributed by atoms with van der Waals surface area (Å²) in [5.74, 6) is 0. The molecule has 0 aromatic carbocycles. The van der Waals surface area contributed by atoms with Gasteiger partial charge >= 0.3 is 0 Å². The normalized spacial score (nSPS) is 26.7. The summed E-state index contributed by atoms with van der Waals surface area (Å²) in [4.78, 5) is 2.16. The molecule has 0 radical (unpaired) electrons. The molecule has 2 aliphatic rings. The van der Waals surface area contributed by atoms with Gasteiger partial charge in [-0.15, -0.1) is 12.6 Å². The van der Waals surface area contributed by atoms with Crippen molar-refractivity contribution in [3.63, 3.8) is 0 Å². The van der Waals surface area contributed by atoms with E-state index in [9.17, 15) is 0 Å². The predicted molar refractivity (Wildman–Crippen MR) is 60.1 cm³/mol. The Bertz CT molecular complexity index is 214. The summed E-state index contributed by atoms with van der Waals surface area (Å²) in [6.07, 6.45) is 6.08. The Morgan fingerprint density at radius 2 is 2.00 bits per heavy atom. The van der Waals surface area contributed by atoms with Gasteiger partial charge in [-0.2, -0.15) is 0 Å². The van der Waals surface area contributed by atoms with Crippen LogP contribution < -0.4 is 0 Å². The third-order valence-corrected chi connectivity index (χ3v) is 3.51. The maximum Gasteiger partial charge on any atom is 0.142 e. The number of thiocarbonyl (C=S) groups is 1. The number of hydrogen-bond acceptors (Lipinski definition) is 2. The van der Waals surface area contributed by atoms with Crippen LogP contribution in [-0.4, -0.2) is 28.1 Å². The van der Waals surface area contributed by atoms with E-state index in [-0.39, 0.29) is 5.72 Å². The van der Waals surface area contributed by atoms with Gasteiger partial charge in [-0.3, -0.25) is 0 Å². The monoisotopic (exact) mass is 217 g/mol. The second kappa shape index (κ2) is 3.75. The zero-order valence-corrected chi connectivity index (χ0v) is 9.37. The van der Waals surface area contributed by atoms with Crippen molar-refractivity contribution in [2.24, 2.45) is 0 Å². The molecule has 0 atom stereocenters. The fourth-order valence-electron chi connectivity index (χ4n) is 2.40. The Kier molecular flexibility index (Phi) is 2.81. The largest absolute Gasteiger partial charge is 0.354 e. The lowest BCUT2D eigenvalue weighted by Crippen LogP contribution is -2.47. The summed E-state index contributed by atoms with van der Waals surface area (Å²) in [6.45, 7) is 1.73. The van der Waals surface area contributed by atoms with Crippen LogP contribution in [0, 0.1) is 0 Å². The molecule has 1 heterocycles. The topological polar surface area (TPSA) is 12.5 Å². The summed E-state index contributed by atoms with van der Waals surface area (Å²) in [5, 5.41) is 0. The Balaban J connectivity index is 2.13. The molecule has 74 valence electrons. The van der Waals surface area contributed by atoms with Crippen molar-refractivity contribution >= 4 is 29.2 Å². The van der Waals surface area contributed by atoms with Crippen molar-refractivity contribution in [2.45, 2.75) is 37.8 Å². The molecule has 0 unspecified atom stereocenters. The molecule has 13 heavy (non-hydrogen) atoms. The van der Waals surface area contributed by atoms with E-state index in [0.29, 0.717) is 4.32 Å². The highest BCUT2D eigenvalue weighted by Crippen LogP contribution is 2.38. The van der Waals surface area contributed by atoms with Gasteiger partial charge in [0.25, 0.3) is 0 Å². The summed E-state index contributed by atoms with van der Waals surface area (Å²) >= 11 is 9.37. The number of nitrogens with zero attached hydrogens (tertiary/aromatic N) is 1. The van der Waals surface area contributed by atoms with Crippen molar-refractivity contribution in [3.05, 3.63) is 0 Å². The van der Waals surface area contributed by atoms with Crippen LogP contribution in [0.2, 0.25) is 0 Å². The fourth-order valence-corrected chi connectivity index (χ4v) is 2.94. The van der Waals surface area contributed by atoms with E-state index in [4.69, 9.17) is 17.0 Å². The van der Waals surface area contributed by atoms with E-state index >= 15 is 0 Å². The average Bonchev–Trinajstić information content (AvgIpc) is 2.50. The smallest absolute Gasteiger partial charge is 0.142 e. The first-order valence-electron chi connectivity index (χ1n) is 4.89. The standard InChI is InChI=1S/C9H15NOS2/c12-8(13)10-6-7-11-9(10)4-2-1-3-5-9/h1-7H2,(H,12,13). The third-order valence-electron chi connectivity index (χ3n) is 3.04. The minimum absolute atomic E-state index is 0.0723. The van der Waals surface area contributed by atoms with Gasteiger partial charge in [0.1, 0.15) is 10.0 Å². The lowest BCUT2D eigenvalue weighted by molar-refractivity contribution is -0.0792. The molecule has 0 N–H and O–H groups in total. The molecule has 0 bridgehead atoms. The third kappa shape index (κ3) is 1.72. The molecular weight excluding hydrogens is 202 g/mol. The van der Waals surface area contributed by atoms with Crippen LogP contribution in [0.25, 0.3) is 0 Å². The molecule has 0 aromatic rings. The molecule has 2 rings (SSSR count). The Labute approximate surface area is 90.0 Å². The SMILES string of the molecule is S=C(S)N1CCOC12CCCCC2. The Morgan fingerprint density at radius 3 is 2.62 bits per heavy atom. The van der Waals surface area contributed by atoms with Crippen molar-refractivity contribution in [2.75, 3.05) is 13.2 Å². The minimum Gasteiger partial charge on any atom is -0.354 e. The number of rotatable bonds is 0. The molecule has 0 amide bonds. The molecule has 4 heteroatoms. The highest BCUT2D eigenvalue weighted by Gasteiger charge is 2.43. The first-order valence-corrected chi connectivity index (χ1v) is 5.75. The quantitative estimate of drug-likeness (QED) is 0.493. The highest BCUT2D eigenvalue weighted by atomic mass is 32.1. The van der Waals surface area contributed by atoms with Crippen LogP contribution in [0.5, 0.6) is 0 Å². The first-order chi connectivity index (χ1) is 6.25. The van der Waals surface area contributed by atoms with Crippen LogP contribution in [0.4, 0.5) is 0 Å². The van der Waals surface area contributed by atoms with Crippen molar-refractivity contribution < 1.29 is 4.74 Å². The number of hydrogen-bond donors (Lipinski definition) is 1. The molecule has 1 saturated carbocycles. The van der Waals surface area contributed by atoms with E-state index in [2.05, 4.69) is 17.5 Å². The van der Waals surface area contributed by atoms with Gasteiger partial charge < -0.3 is 9.64 Å². The fraction of sp³-hybridized carbons (Fsp3) is 0.889. The summed E-state index contributed by atoms with van der Waals surface area (Å²) in [5.41, 5.74) is -0.0723. The first kappa shape index (κ1) is 9.74. The van der Waals surface area contributed by atoms with Crippen molar-refractivity contribution in [1.29, 1.82) is 0 Å². The zero-order chi connectivity index (χ0) is 9.31. The Hall–Kier alpha value is 0.200. The molecule has 1 aliphatic heterocycles. The van der Waals surface area contributed by atoms with Gasteiger partial charge in [0.15, 0.2) is 0 Å².